The minimum Gasteiger partial charge on any atom is -0.481 e. The normalized spacial score (nSPS) is 42.1. The smallest absolute Gasteiger partial charge is 0.310 e. The Morgan fingerprint density at radius 3 is 2.17 bits per heavy atom. The number of allylic oxidation sites excluding steroid dienone is 1. The molecule has 10 heteroatoms. The summed E-state index contributed by atoms with van der Waals surface area (Å²) in [5, 5.41) is 11.3. The number of alkyl halides is 2. The van der Waals surface area contributed by atoms with Gasteiger partial charge in [0.1, 0.15) is 6.61 Å². The molecule has 64 heavy (non-hydrogen) atoms. The third-order valence-corrected chi connectivity index (χ3v) is 21.3. The lowest BCUT2D eigenvalue weighted by molar-refractivity contribution is -0.261. The van der Waals surface area contributed by atoms with E-state index in [1.807, 2.05) is 54.0 Å². The van der Waals surface area contributed by atoms with Gasteiger partial charge in [0.25, 0.3) is 5.92 Å². The minimum absolute atomic E-state index is 0.00165. The van der Waals surface area contributed by atoms with Crippen molar-refractivity contribution in [3.63, 3.8) is 0 Å². The molecule has 8 nitrogen and oxygen atoms in total. The number of rotatable bonds is 9. The van der Waals surface area contributed by atoms with Gasteiger partial charge >= 0.3 is 11.9 Å². The molecule has 5 saturated carbocycles. The van der Waals surface area contributed by atoms with Gasteiger partial charge in [-0.25, -0.2) is 8.78 Å². The molecule has 2 heterocycles. The first-order valence-electron chi connectivity index (χ1n) is 25.0. The average molecular weight is 887 g/mol. The Morgan fingerprint density at radius 1 is 0.828 bits per heavy atom. The topological polar surface area (TPSA) is 104 Å². The quantitative estimate of drug-likeness (QED) is 0.246. The Bertz CT molecular complexity index is 2120. The SMILES string of the molecule is CC(C)C1=C2[C@H]3CC[C@@H]4[C@]5(C)CC[C@H]([C@@]6(C(=O)O)C[C@@H](C(=O)OCc7ccccc7)C6(C)C)C(C)(C)[C@H]5CC[C@@]4(C)[C@]3(C)CC[C@@]2(C(=O)N2CCC[C@H]2CN2CCC(F)(F)C2)CC1=O. The number of aliphatic carboxylic acids is 1. The lowest BCUT2D eigenvalue weighted by Gasteiger charge is -2.74. The molecule has 7 fully saturated rings. The highest BCUT2D eigenvalue weighted by Gasteiger charge is 2.76. The van der Waals surface area contributed by atoms with Gasteiger partial charge in [-0.3, -0.25) is 24.1 Å². The number of fused-ring (bicyclic) bond motifs is 7. The number of Topliss-reactive ketones (excluding diaryl/α,β-unsaturated/α-hetero) is 1. The van der Waals surface area contributed by atoms with Crippen LogP contribution in [-0.2, 0) is 30.5 Å². The van der Waals surface area contributed by atoms with Gasteiger partial charge in [-0.05, 0) is 144 Å². The van der Waals surface area contributed by atoms with E-state index >= 15 is 4.79 Å². The summed E-state index contributed by atoms with van der Waals surface area (Å²) in [4.78, 5) is 61.1. The molecule has 2 saturated heterocycles. The van der Waals surface area contributed by atoms with E-state index in [1.54, 1.807) is 0 Å². The fourth-order valence-corrected chi connectivity index (χ4v) is 17.9. The third-order valence-electron chi connectivity index (χ3n) is 21.3. The summed E-state index contributed by atoms with van der Waals surface area (Å²) in [6.45, 7) is 21.8. The number of esters is 1. The predicted octanol–water partition coefficient (Wildman–Crippen LogP) is 10.8. The lowest BCUT2D eigenvalue weighted by atomic mass is 9.29. The van der Waals surface area contributed by atoms with E-state index in [9.17, 15) is 28.3 Å². The fraction of sp³-hybridized carbons (Fsp3) is 0.778. The molecule has 0 spiro atoms. The van der Waals surface area contributed by atoms with Crippen molar-refractivity contribution < 1.29 is 37.8 Å². The van der Waals surface area contributed by atoms with Crippen LogP contribution in [0.1, 0.15) is 151 Å². The molecule has 0 aromatic heterocycles. The first-order chi connectivity index (χ1) is 29.9. The standard InChI is InChI=1S/C54H76F2N2O6/c1-33(2)42-38(59)29-52(45(61)58-26-13-16-35(58)30-57-27-25-53(55,56)32-57)24-23-50(8)36(43(42)52)17-18-41-49(7)21-19-40(47(3,4)39(49)20-22-51(41,50)9)54(46(62)63)28-37(48(54,5)6)44(60)64-31-34-14-11-10-12-15-34/h10-12,14-15,33,35-37,39-41H,13,16-32H2,1-9H3,(H,62,63)/t35-,36+,37-,39+,40-,41+,49+,50+,51+,52+,54+/m0/s1. The Labute approximate surface area is 381 Å². The van der Waals surface area contributed by atoms with Crippen LogP contribution < -0.4 is 0 Å². The first kappa shape index (κ1) is 46.0. The molecule has 8 aliphatic rings. The summed E-state index contributed by atoms with van der Waals surface area (Å²) < 4.78 is 34.4. The van der Waals surface area contributed by atoms with E-state index in [0.29, 0.717) is 44.3 Å². The maximum absolute atomic E-state index is 15.4. The molecular weight excluding hydrogens is 811 g/mol. The van der Waals surface area contributed by atoms with Crippen molar-refractivity contribution in [3.05, 3.63) is 47.0 Å². The molecule has 1 N–H and O–H groups in total. The van der Waals surface area contributed by atoms with E-state index in [2.05, 4.69) is 48.5 Å². The second-order valence-electron chi connectivity index (χ2n) is 24.7. The average Bonchev–Trinajstić information content (AvgIpc) is 3.92. The lowest BCUT2D eigenvalue weighted by Crippen LogP contribution is -2.71. The third kappa shape index (κ3) is 6.30. The number of nitrogens with zero attached hydrogens (tertiary/aromatic N) is 2. The van der Waals surface area contributed by atoms with Gasteiger partial charge in [-0.1, -0.05) is 92.6 Å². The van der Waals surface area contributed by atoms with Gasteiger partial charge in [0.15, 0.2) is 5.78 Å². The van der Waals surface area contributed by atoms with Crippen LogP contribution in [0.4, 0.5) is 8.78 Å². The zero-order valence-electron chi connectivity index (χ0n) is 40.3. The number of hydrogen-bond donors (Lipinski definition) is 1. The number of carbonyl (C=O) groups excluding carboxylic acids is 3. The van der Waals surface area contributed by atoms with Crippen LogP contribution in [0.15, 0.2) is 41.5 Å². The van der Waals surface area contributed by atoms with Crippen molar-refractivity contribution in [1.82, 2.24) is 9.80 Å². The van der Waals surface area contributed by atoms with Crippen LogP contribution in [0.25, 0.3) is 0 Å². The summed E-state index contributed by atoms with van der Waals surface area (Å²) in [6, 6.07) is 9.51. The van der Waals surface area contributed by atoms with E-state index in [-0.39, 0.29) is 89.1 Å². The molecule has 6 aliphatic carbocycles. The number of ether oxygens (including phenoxy) is 1. The summed E-state index contributed by atoms with van der Waals surface area (Å²) >= 11 is 0. The summed E-state index contributed by atoms with van der Waals surface area (Å²) in [5.41, 5.74) is -0.344. The Kier molecular flexibility index (Phi) is 10.9. The second-order valence-corrected chi connectivity index (χ2v) is 24.7. The van der Waals surface area contributed by atoms with E-state index in [1.165, 1.54) is 0 Å². The van der Waals surface area contributed by atoms with Crippen LogP contribution in [0.5, 0.6) is 0 Å². The van der Waals surface area contributed by atoms with Crippen molar-refractivity contribution in [1.29, 1.82) is 0 Å². The number of carboxylic acid groups (broad SMARTS) is 1. The van der Waals surface area contributed by atoms with Crippen molar-refractivity contribution in [2.45, 2.75) is 164 Å². The monoisotopic (exact) mass is 887 g/mol. The van der Waals surface area contributed by atoms with Gasteiger partial charge in [0, 0.05) is 38.5 Å². The Balaban J connectivity index is 0.983. The molecule has 0 unspecified atom stereocenters. The zero-order chi connectivity index (χ0) is 46.2. The molecule has 0 bridgehead atoms. The molecule has 1 amide bonds. The minimum atomic E-state index is -2.68. The number of hydrogen-bond acceptors (Lipinski definition) is 6. The fourth-order valence-electron chi connectivity index (χ4n) is 17.9. The summed E-state index contributed by atoms with van der Waals surface area (Å²) in [6.07, 6.45) is 9.17. The van der Waals surface area contributed by atoms with Crippen LogP contribution in [0, 0.1) is 73.4 Å². The first-order valence-corrected chi connectivity index (χ1v) is 25.0. The number of halogens is 2. The molecule has 352 valence electrons. The number of benzene rings is 1. The maximum atomic E-state index is 15.4. The van der Waals surface area contributed by atoms with Crippen molar-refractivity contribution in [2.24, 2.45) is 73.4 Å². The largest absolute Gasteiger partial charge is 0.481 e. The van der Waals surface area contributed by atoms with Crippen molar-refractivity contribution in [2.75, 3.05) is 26.2 Å². The summed E-state index contributed by atoms with van der Waals surface area (Å²) in [5.74, 6) is -3.41. The number of carbonyl (C=O) groups is 4. The Morgan fingerprint density at radius 2 is 1.53 bits per heavy atom. The molecule has 9 rings (SSSR count). The van der Waals surface area contributed by atoms with Gasteiger partial charge < -0.3 is 14.7 Å². The van der Waals surface area contributed by atoms with E-state index in [0.717, 1.165) is 74.5 Å². The van der Waals surface area contributed by atoms with Crippen LogP contribution in [0.2, 0.25) is 0 Å². The number of amides is 1. The molecular formula is C54H76F2N2O6. The van der Waals surface area contributed by atoms with Crippen LogP contribution >= 0.6 is 0 Å². The number of likely N-dealkylation sites (tertiary alicyclic amines) is 2. The van der Waals surface area contributed by atoms with E-state index in [4.69, 9.17) is 4.74 Å². The van der Waals surface area contributed by atoms with Crippen LogP contribution in [0.3, 0.4) is 0 Å². The molecule has 1 aromatic carbocycles. The molecule has 2 aliphatic heterocycles. The van der Waals surface area contributed by atoms with Gasteiger partial charge in [-0.15, -0.1) is 0 Å². The Hall–Kier alpha value is -3.14. The van der Waals surface area contributed by atoms with Gasteiger partial charge in [0.05, 0.1) is 23.3 Å². The molecule has 0 radical (unpaired) electrons. The molecule has 1 aromatic rings. The predicted molar refractivity (Wildman–Crippen MR) is 242 cm³/mol. The van der Waals surface area contributed by atoms with Gasteiger partial charge in [0.2, 0.25) is 5.91 Å². The highest BCUT2D eigenvalue weighted by atomic mass is 19.3. The van der Waals surface area contributed by atoms with Crippen molar-refractivity contribution >= 4 is 23.6 Å². The van der Waals surface area contributed by atoms with Gasteiger partial charge in [-0.2, -0.15) is 0 Å². The highest BCUT2D eigenvalue weighted by molar-refractivity contribution is 6.07. The number of ketones is 1. The number of carboxylic acids is 1. The maximum Gasteiger partial charge on any atom is 0.310 e. The second kappa shape index (κ2) is 15.2. The van der Waals surface area contributed by atoms with E-state index < -0.39 is 34.1 Å². The zero-order valence-corrected chi connectivity index (χ0v) is 40.3. The van der Waals surface area contributed by atoms with Crippen LogP contribution in [-0.4, -0.2) is 76.7 Å². The highest BCUT2D eigenvalue weighted by Crippen LogP contribution is 2.79. The summed E-state index contributed by atoms with van der Waals surface area (Å²) in [7, 11) is 0. The van der Waals surface area contributed by atoms with Crippen molar-refractivity contribution in [3.8, 4) is 0 Å². The molecule has 11 atom stereocenters.